The summed E-state index contributed by atoms with van der Waals surface area (Å²) in [5, 5.41) is 0.408. The van der Waals surface area contributed by atoms with Crippen LogP contribution in [0.5, 0.6) is 5.75 Å². The maximum atomic E-state index is 12.6. The highest BCUT2D eigenvalue weighted by molar-refractivity contribution is 6.35. The maximum absolute atomic E-state index is 12.6. The van der Waals surface area contributed by atoms with Crippen molar-refractivity contribution >= 4 is 23.1 Å². The van der Waals surface area contributed by atoms with Gasteiger partial charge in [0.2, 0.25) is 0 Å². The van der Waals surface area contributed by atoms with Crippen LogP contribution in [0.3, 0.4) is 0 Å². The Labute approximate surface area is 128 Å². The molecule has 2 aromatic carbocycles. The molecule has 21 heavy (non-hydrogen) atoms. The van der Waals surface area contributed by atoms with Gasteiger partial charge in [0.1, 0.15) is 5.75 Å². The predicted octanol–water partition coefficient (Wildman–Crippen LogP) is 3.82. The van der Waals surface area contributed by atoms with Crippen molar-refractivity contribution in [2.24, 2.45) is 0 Å². The van der Waals surface area contributed by atoms with Gasteiger partial charge in [-0.2, -0.15) is 0 Å². The molecule has 1 aliphatic rings. The number of rotatable bonds is 2. The van der Waals surface area contributed by atoms with Crippen LogP contribution >= 0.6 is 11.6 Å². The number of anilines is 1. The molecule has 0 unspecified atom stereocenters. The quantitative estimate of drug-likeness (QED) is 0.677. The fourth-order valence-electron chi connectivity index (χ4n) is 2.53. The van der Waals surface area contributed by atoms with Gasteiger partial charge in [0.15, 0.2) is 5.78 Å². The molecule has 108 valence electrons. The van der Waals surface area contributed by atoms with Crippen LogP contribution in [-0.2, 0) is 5.41 Å². The smallest absolute Gasteiger partial charge is 0.194 e. The van der Waals surface area contributed by atoms with E-state index in [2.05, 4.69) is 13.8 Å². The lowest BCUT2D eigenvalue weighted by atomic mass is 9.85. The fourth-order valence-corrected chi connectivity index (χ4v) is 2.74. The molecule has 1 heterocycles. The second-order valence-electron chi connectivity index (χ2n) is 5.95. The summed E-state index contributed by atoms with van der Waals surface area (Å²) in [5.41, 5.74) is 8.25. The summed E-state index contributed by atoms with van der Waals surface area (Å²) in [7, 11) is 0. The van der Waals surface area contributed by atoms with Gasteiger partial charge in [0.25, 0.3) is 0 Å². The Balaban J connectivity index is 2.06. The molecule has 0 fully saturated rings. The number of hydrogen-bond acceptors (Lipinski definition) is 3. The molecule has 2 N–H and O–H groups in total. The van der Waals surface area contributed by atoms with Crippen LogP contribution in [0.1, 0.15) is 35.3 Å². The highest BCUT2D eigenvalue weighted by atomic mass is 35.5. The Morgan fingerprint density at radius 2 is 2.00 bits per heavy atom. The average molecular weight is 302 g/mol. The average Bonchev–Trinajstić information content (AvgIpc) is 2.76. The van der Waals surface area contributed by atoms with Crippen molar-refractivity contribution in [3.63, 3.8) is 0 Å². The first-order valence-corrected chi connectivity index (χ1v) is 7.13. The van der Waals surface area contributed by atoms with Crippen LogP contribution in [0.15, 0.2) is 36.4 Å². The summed E-state index contributed by atoms with van der Waals surface area (Å²) in [4.78, 5) is 12.6. The van der Waals surface area contributed by atoms with Crippen molar-refractivity contribution in [3.05, 3.63) is 58.1 Å². The van der Waals surface area contributed by atoms with E-state index in [4.69, 9.17) is 22.1 Å². The number of halogens is 1. The third-order valence-electron chi connectivity index (χ3n) is 3.79. The van der Waals surface area contributed by atoms with E-state index in [1.165, 1.54) is 0 Å². The molecule has 0 aliphatic carbocycles. The zero-order chi connectivity index (χ0) is 15.2. The van der Waals surface area contributed by atoms with E-state index >= 15 is 0 Å². The van der Waals surface area contributed by atoms with Gasteiger partial charge in [-0.25, -0.2) is 0 Å². The van der Waals surface area contributed by atoms with Gasteiger partial charge in [0, 0.05) is 27.8 Å². The first-order chi connectivity index (χ1) is 9.88. The second kappa shape index (κ2) is 4.78. The molecule has 1 aliphatic heterocycles. The van der Waals surface area contributed by atoms with Crippen LogP contribution < -0.4 is 10.5 Å². The van der Waals surface area contributed by atoms with Crippen molar-refractivity contribution in [2.45, 2.75) is 19.3 Å². The van der Waals surface area contributed by atoms with E-state index in [-0.39, 0.29) is 11.2 Å². The first-order valence-electron chi connectivity index (χ1n) is 6.75. The van der Waals surface area contributed by atoms with Crippen molar-refractivity contribution < 1.29 is 9.53 Å². The van der Waals surface area contributed by atoms with Crippen molar-refractivity contribution in [3.8, 4) is 5.75 Å². The maximum Gasteiger partial charge on any atom is 0.194 e. The Morgan fingerprint density at radius 3 is 2.76 bits per heavy atom. The Kier molecular flexibility index (Phi) is 3.18. The predicted molar refractivity (Wildman–Crippen MR) is 84.3 cm³/mol. The molecular formula is C17H16ClNO2. The van der Waals surface area contributed by atoms with E-state index in [1.807, 2.05) is 12.1 Å². The van der Waals surface area contributed by atoms with Gasteiger partial charge in [-0.1, -0.05) is 25.4 Å². The molecule has 0 aromatic heterocycles. The van der Waals surface area contributed by atoms with Crippen LogP contribution in [0, 0.1) is 0 Å². The lowest BCUT2D eigenvalue weighted by molar-refractivity contribution is 0.103. The van der Waals surface area contributed by atoms with Crippen LogP contribution in [0.4, 0.5) is 5.69 Å². The number of carbonyl (C=O) groups is 1. The zero-order valence-electron chi connectivity index (χ0n) is 11.9. The Hall–Kier alpha value is -2.00. The van der Waals surface area contributed by atoms with E-state index < -0.39 is 0 Å². The normalized spacial score (nSPS) is 15.4. The van der Waals surface area contributed by atoms with Gasteiger partial charge >= 0.3 is 0 Å². The monoisotopic (exact) mass is 301 g/mol. The highest BCUT2D eigenvalue weighted by Gasteiger charge is 2.32. The van der Waals surface area contributed by atoms with Crippen molar-refractivity contribution in [2.75, 3.05) is 12.3 Å². The summed E-state index contributed by atoms with van der Waals surface area (Å²) >= 11 is 6.11. The molecule has 3 nitrogen and oxygen atoms in total. The molecule has 3 rings (SSSR count). The van der Waals surface area contributed by atoms with Gasteiger partial charge in [-0.15, -0.1) is 0 Å². The minimum absolute atomic E-state index is 0.0921. The second-order valence-corrected chi connectivity index (χ2v) is 6.36. The van der Waals surface area contributed by atoms with E-state index in [0.717, 1.165) is 11.3 Å². The van der Waals surface area contributed by atoms with Gasteiger partial charge in [-0.3, -0.25) is 4.79 Å². The van der Waals surface area contributed by atoms with E-state index in [9.17, 15) is 4.79 Å². The highest BCUT2D eigenvalue weighted by Crippen LogP contribution is 2.39. The molecular weight excluding hydrogens is 286 g/mol. The van der Waals surface area contributed by atoms with Crippen LogP contribution in [0.2, 0.25) is 5.02 Å². The topological polar surface area (TPSA) is 52.3 Å². The minimum Gasteiger partial charge on any atom is -0.492 e. The molecule has 0 amide bonds. The molecule has 0 spiro atoms. The SMILES string of the molecule is CC1(C)COc2ccc(C(=O)c3cc(N)ccc3Cl)cc21. The number of ketones is 1. The molecule has 0 saturated carbocycles. The standard InChI is InChI=1S/C17H16ClNO2/c1-17(2)9-21-15-6-3-10(7-13(15)17)16(20)12-8-11(19)4-5-14(12)18/h3-8H,9,19H2,1-2H3. The summed E-state index contributed by atoms with van der Waals surface area (Å²) < 4.78 is 5.64. The number of ether oxygens (including phenoxy) is 1. The molecule has 2 aromatic rings. The summed E-state index contributed by atoms with van der Waals surface area (Å²) in [6.45, 7) is 4.82. The lowest BCUT2D eigenvalue weighted by Gasteiger charge is -2.15. The van der Waals surface area contributed by atoms with Gasteiger partial charge < -0.3 is 10.5 Å². The molecule has 0 saturated heterocycles. The number of benzene rings is 2. The Bertz CT molecular complexity index is 738. The zero-order valence-corrected chi connectivity index (χ0v) is 12.7. The minimum atomic E-state index is -0.127. The van der Waals surface area contributed by atoms with Crippen molar-refractivity contribution in [1.82, 2.24) is 0 Å². The number of carbonyl (C=O) groups excluding carboxylic acids is 1. The molecule has 0 radical (unpaired) electrons. The largest absolute Gasteiger partial charge is 0.492 e. The van der Waals surface area contributed by atoms with Crippen LogP contribution in [-0.4, -0.2) is 12.4 Å². The van der Waals surface area contributed by atoms with Crippen molar-refractivity contribution in [1.29, 1.82) is 0 Å². The van der Waals surface area contributed by atoms with Gasteiger partial charge in [-0.05, 0) is 36.4 Å². The first kappa shape index (κ1) is 14.0. The molecule has 0 bridgehead atoms. The third kappa shape index (κ3) is 2.38. The summed E-state index contributed by atoms with van der Waals surface area (Å²) in [6.07, 6.45) is 0. The summed E-state index contributed by atoms with van der Waals surface area (Å²) in [6, 6.07) is 10.4. The number of nitrogen functional groups attached to an aromatic ring is 1. The van der Waals surface area contributed by atoms with E-state index in [1.54, 1.807) is 24.3 Å². The molecule has 4 heteroatoms. The fraction of sp³-hybridized carbons (Fsp3) is 0.235. The lowest BCUT2D eigenvalue weighted by Crippen LogP contribution is -2.18. The number of fused-ring (bicyclic) bond motifs is 1. The third-order valence-corrected chi connectivity index (χ3v) is 4.12. The number of nitrogens with two attached hydrogens (primary N) is 1. The van der Waals surface area contributed by atoms with E-state index in [0.29, 0.717) is 28.4 Å². The summed E-state index contributed by atoms with van der Waals surface area (Å²) in [5.74, 6) is 0.716. The molecule has 0 atom stereocenters. The van der Waals surface area contributed by atoms with Crippen LogP contribution in [0.25, 0.3) is 0 Å². The Morgan fingerprint density at radius 1 is 1.24 bits per heavy atom. The van der Waals surface area contributed by atoms with Gasteiger partial charge in [0.05, 0.1) is 11.6 Å². The number of hydrogen-bond donors (Lipinski definition) is 1.